The minimum atomic E-state index is 0.259. The molecule has 0 aliphatic heterocycles. The summed E-state index contributed by atoms with van der Waals surface area (Å²) in [5.74, 6) is 6.14. The van der Waals surface area contributed by atoms with Crippen LogP contribution in [0.3, 0.4) is 0 Å². The van der Waals surface area contributed by atoms with Gasteiger partial charge in [0, 0.05) is 35.5 Å². The van der Waals surface area contributed by atoms with E-state index in [0.717, 1.165) is 22.6 Å². The zero-order valence-corrected chi connectivity index (χ0v) is 15.0. The number of nitrogen functional groups attached to an aromatic ring is 1. The lowest BCUT2D eigenvalue weighted by Crippen LogP contribution is -2.07. The monoisotopic (exact) mass is 382 g/mol. The van der Waals surface area contributed by atoms with E-state index in [2.05, 4.69) is 31.4 Å². The predicted molar refractivity (Wildman–Crippen MR) is 106 cm³/mol. The number of nitriles is 1. The van der Waals surface area contributed by atoms with Crippen LogP contribution in [0.4, 0.5) is 11.5 Å². The lowest BCUT2D eigenvalue weighted by molar-refractivity contribution is 0.832. The molecule has 0 amide bonds. The van der Waals surface area contributed by atoms with Crippen molar-refractivity contribution in [3.63, 3.8) is 0 Å². The molecular formula is C19H14N10. The predicted octanol–water partition coefficient (Wildman–Crippen LogP) is 2.11. The van der Waals surface area contributed by atoms with Crippen LogP contribution in [0, 0.1) is 11.3 Å². The molecule has 0 saturated carbocycles. The molecule has 0 radical (unpaired) electrons. The van der Waals surface area contributed by atoms with Crippen molar-refractivity contribution < 1.29 is 0 Å². The lowest BCUT2D eigenvalue weighted by Gasteiger charge is -2.09. The second-order valence-corrected chi connectivity index (χ2v) is 6.27. The van der Waals surface area contributed by atoms with Crippen LogP contribution in [0.5, 0.6) is 0 Å². The van der Waals surface area contributed by atoms with Gasteiger partial charge in [0.05, 0.1) is 30.6 Å². The van der Waals surface area contributed by atoms with Gasteiger partial charge >= 0.3 is 0 Å². The number of hydrogen-bond acceptors (Lipinski definition) is 7. The Hall–Kier alpha value is -4.65. The van der Waals surface area contributed by atoms with Crippen LogP contribution in [-0.2, 0) is 0 Å². The van der Waals surface area contributed by atoms with Crippen LogP contribution >= 0.6 is 0 Å². The number of nitrogens with two attached hydrogens (primary N) is 1. The van der Waals surface area contributed by atoms with Gasteiger partial charge in [0.1, 0.15) is 6.07 Å². The Kier molecular flexibility index (Phi) is 3.70. The Morgan fingerprint density at radius 3 is 2.66 bits per heavy atom. The van der Waals surface area contributed by atoms with Crippen molar-refractivity contribution in [3.8, 4) is 23.0 Å². The molecule has 0 atom stereocenters. The molecule has 3 N–H and O–H groups in total. The molecule has 140 valence electrons. The van der Waals surface area contributed by atoms with Crippen LogP contribution in [0.1, 0.15) is 5.69 Å². The van der Waals surface area contributed by atoms with Crippen LogP contribution < -0.4 is 11.2 Å². The topological polar surface area (TPSA) is 128 Å². The molecule has 0 fully saturated rings. The van der Waals surface area contributed by atoms with E-state index in [4.69, 9.17) is 5.84 Å². The third-order valence-corrected chi connectivity index (χ3v) is 4.44. The van der Waals surface area contributed by atoms with E-state index in [-0.39, 0.29) is 5.69 Å². The highest BCUT2D eigenvalue weighted by Crippen LogP contribution is 2.26. The molecule has 0 aliphatic carbocycles. The van der Waals surface area contributed by atoms with Gasteiger partial charge in [0.15, 0.2) is 17.2 Å². The largest absolute Gasteiger partial charge is 0.337 e. The molecule has 0 bridgehead atoms. The molecular weight excluding hydrogens is 368 g/mol. The summed E-state index contributed by atoms with van der Waals surface area (Å²) < 4.78 is 3.71. The Morgan fingerprint density at radius 1 is 1.10 bits per heavy atom. The summed E-state index contributed by atoms with van der Waals surface area (Å²) in [6.07, 6.45) is 12.0. The van der Waals surface area contributed by atoms with Crippen LogP contribution in [-0.4, -0.2) is 33.8 Å². The third kappa shape index (κ3) is 2.92. The summed E-state index contributed by atoms with van der Waals surface area (Å²) >= 11 is 0. The van der Waals surface area contributed by atoms with Gasteiger partial charge < -0.3 is 15.7 Å². The third-order valence-electron chi connectivity index (χ3n) is 4.44. The number of fused-ring (bicyclic) bond motifs is 1. The minimum Gasteiger partial charge on any atom is -0.337 e. The molecule has 0 unspecified atom stereocenters. The Labute approximate surface area is 164 Å². The van der Waals surface area contributed by atoms with Crippen molar-refractivity contribution in [2.24, 2.45) is 0 Å². The number of rotatable bonds is 4. The van der Waals surface area contributed by atoms with Crippen molar-refractivity contribution >= 4 is 17.2 Å². The van der Waals surface area contributed by atoms with Gasteiger partial charge in [0.2, 0.25) is 0 Å². The van der Waals surface area contributed by atoms with Crippen molar-refractivity contribution in [2.75, 3.05) is 11.2 Å². The van der Waals surface area contributed by atoms with Gasteiger partial charge in [-0.3, -0.25) is 4.40 Å². The molecule has 10 heteroatoms. The van der Waals surface area contributed by atoms with Gasteiger partial charge in [-0.2, -0.15) is 15.2 Å². The molecule has 1 aromatic carbocycles. The molecule has 5 aromatic rings. The fourth-order valence-electron chi connectivity index (χ4n) is 3.08. The summed E-state index contributed by atoms with van der Waals surface area (Å²) in [6, 6.07) is 9.86. The first kappa shape index (κ1) is 16.5. The summed E-state index contributed by atoms with van der Waals surface area (Å²) in [6.45, 7) is 0. The van der Waals surface area contributed by atoms with Crippen LogP contribution in [0.25, 0.3) is 22.6 Å². The average Bonchev–Trinajstić information content (AvgIpc) is 3.49. The highest BCUT2D eigenvalue weighted by Gasteiger charge is 2.14. The summed E-state index contributed by atoms with van der Waals surface area (Å²) in [5, 5.41) is 16.7. The zero-order valence-electron chi connectivity index (χ0n) is 15.0. The van der Waals surface area contributed by atoms with E-state index in [0.29, 0.717) is 11.5 Å². The molecule has 5 rings (SSSR count). The number of imidazole rings is 2. The molecule has 0 aliphatic rings. The van der Waals surface area contributed by atoms with Gasteiger partial charge in [-0.15, -0.1) is 0 Å². The molecule has 4 heterocycles. The fraction of sp³-hybridized carbons (Fsp3) is 0. The van der Waals surface area contributed by atoms with Crippen molar-refractivity contribution in [2.45, 2.75) is 0 Å². The SMILES string of the molecule is N#Cc1cn2c(-c3cnn(N)c3)cnc2c(Nc2ccc(-n3ccnc3)cc2)n1. The summed E-state index contributed by atoms with van der Waals surface area (Å²) in [4.78, 5) is 14.1. The van der Waals surface area contributed by atoms with Crippen molar-refractivity contribution in [3.05, 3.63) is 73.5 Å². The zero-order chi connectivity index (χ0) is 19.8. The number of hydrogen-bond donors (Lipinski definition) is 2. The lowest BCUT2D eigenvalue weighted by atomic mass is 10.2. The van der Waals surface area contributed by atoms with E-state index >= 15 is 0 Å². The van der Waals surface area contributed by atoms with Crippen LogP contribution in [0.15, 0.2) is 67.8 Å². The number of nitrogens with zero attached hydrogens (tertiary/aromatic N) is 8. The maximum atomic E-state index is 9.41. The van der Waals surface area contributed by atoms with Gasteiger partial charge in [-0.25, -0.2) is 15.0 Å². The molecule has 0 spiro atoms. The molecule has 0 saturated heterocycles. The van der Waals surface area contributed by atoms with Gasteiger partial charge in [-0.1, -0.05) is 0 Å². The molecule has 10 nitrogen and oxygen atoms in total. The average molecular weight is 382 g/mol. The van der Waals surface area contributed by atoms with E-state index in [1.54, 1.807) is 41.7 Å². The second-order valence-electron chi connectivity index (χ2n) is 6.27. The molecule has 29 heavy (non-hydrogen) atoms. The Morgan fingerprint density at radius 2 is 1.97 bits per heavy atom. The first-order valence-corrected chi connectivity index (χ1v) is 8.65. The fourth-order valence-corrected chi connectivity index (χ4v) is 3.08. The second kappa shape index (κ2) is 6.50. The summed E-state index contributed by atoms with van der Waals surface area (Å²) in [7, 11) is 0. The quantitative estimate of drug-likeness (QED) is 0.456. The van der Waals surface area contributed by atoms with E-state index in [9.17, 15) is 5.26 Å². The summed E-state index contributed by atoms with van der Waals surface area (Å²) in [5.41, 5.74) is 4.19. The number of anilines is 2. The maximum Gasteiger partial charge on any atom is 0.181 e. The van der Waals surface area contributed by atoms with Crippen LogP contribution in [0.2, 0.25) is 0 Å². The van der Waals surface area contributed by atoms with E-state index < -0.39 is 0 Å². The maximum absolute atomic E-state index is 9.41. The first-order chi connectivity index (χ1) is 14.2. The minimum absolute atomic E-state index is 0.259. The van der Waals surface area contributed by atoms with Gasteiger partial charge in [0.25, 0.3) is 0 Å². The van der Waals surface area contributed by atoms with Gasteiger partial charge in [-0.05, 0) is 24.3 Å². The van der Waals surface area contributed by atoms with E-state index in [1.807, 2.05) is 35.0 Å². The normalized spacial score (nSPS) is 10.9. The van der Waals surface area contributed by atoms with Crippen molar-refractivity contribution in [1.29, 1.82) is 5.26 Å². The first-order valence-electron chi connectivity index (χ1n) is 8.65. The van der Waals surface area contributed by atoms with Crippen molar-refractivity contribution in [1.82, 2.24) is 33.8 Å². The standard InChI is InChI=1S/C19H14N10/c20-7-15-11-28-17(13-8-24-29(21)10-13)9-23-19(28)18(26-15)25-14-1-3-16(4-2-14)27-6-5-22-12-27/h1-6,8-12H,21H2,(H,25,26). The number of benzene rings is 1. The smallest absolute Gasteiger partial charge is 0.181 e. The molecule has 4 aromatic heterocycles. The number of aromatic nitrogens is 7. The highest BCUT2D eigenvalue weighted by atomic mass is 15.5. The number of nitrogens with one attached hydrogen (secondary N) is 1. The Bertz CT molecular complexity index is 1340. The highest BCUT2D eigenvalue weighted by molar-refractivity contribution is 5.74. The van der Waals surface area contributed by atoms with E-state index in [1.165, 1.54) is 4.79 Å². The Balaban J connectivity index is 1.54.